The molecule has 11 heteroatoms. The summed E-state index contributed by atoms with van der Waals surface area (Å²) >= 11 is 0. The standard InChI is InChI=1S/C70H117NO10/c1-4-7-10-13-16-19-22-25-27-29-30-31-32-33-35-36-39-42-45-48-51-54-57-63(74)69(78)71-61(62(73)56-53-50-47-44-41-38-24-21-18-15-12-9-6-3)60-79-70-68(67(77)66(76)64(59-72)80-70)81-65(75)58-55-52-49-46-43-40-37-34-28-26-23-20-17-14-11-8-5-2/h8,11,16-17,19-20,25-28,30-31,33,35,37,40,46,49,53,56,61-64,66-68,70,72-74,76-77H,4-7,9-10,12-15,18,21-24,29,32,34,36,38-39,41-45,47-48,50-52,54-55,57-60H2,1-3H3,(H,71,78)/b11-8-,19-16-,20-17-,27-25-,28-26-,31-30-,35-33-,40-37-,49-46-,56-53+. The van der Waals surface area contributed by atoms with Crippen molar-refractivity contribution in [2.45, 2.75) is 294 Å². The first kappa shape index (κ1) is 75.1. The van der Waals surface area contributed by atoms with Crippen LogP contribution >= 0.6 is 0 Å². The summed E-state index contributed by atoms with van der Waals surface area (Å²) in [5.41, 5.74) is 0. The van der Waals surface area contributed by atoms with E-state index in [0.29, 0.717) is 19.3 Å². The van der Waals surface area contributed by atoms with Gasteiger partial charge in [0, 0.05) is 6.42 Å². The molecule has 0 saturated carbocycles. The Balaban J connectivity index is 2.71. The van der Waals surface area contributed by atoms with Gasteiger partial charge < -0.3 is 45.1 Å². The number of aliphatic hydroxyl groups excluding tert-OH is 5. The van der Waals surface area contributed by atoms with Gasteiger partial charge in [-0.1, -0.05) is 251 Å². The summed E-state index contributed by atoms with van der Waals surface area (Å²) in [6.07, 6.45) is 68.0. The number of ether oxygens (including phenoxy) is 3. The highest BCUT2D eigenvalue weighted by Gasteiger charge is 2.47. The van der Waals surface area contributed by atoms with Gasteiger partial charge in [-0.2, -0.15) is 0 Å². The van der Waals surface area contributed by atoms with E-state index in [-0.39, 0.29) is 19.4 Å². The highest BCUT2D eigenvalue weighted by Crippen LogP contribution is 2.26. The normalized spacial score (nSPS) is 19.5. The number of allylic oxidation sites excluding steroid dienone is 19. The van der Waals surface area contributed by atoms with Gasteiger partial charge in [-0.3, -0.25) is 9.59 Å². The van der Waals surface area contributed by atoms with Crippen LogP contribution in [0.5, 0.6) is 0 Å². The Morgan fingerprint density at radius 3 is 1.36 bits per heavy atom. The molecule has 81 heavy (non-hydrogen) atoms. The zero-order valence-corrected chi connectivity index (χ0v) is 51.1. The lowest BCUT2D eigenvalue weighted by atomic mass is 9.99. The second-order valence-electron chi connectivity index (χ2n) is 21.8. The van der Waals surface area contributed by atoms with E-state index in [1.54, 1.807) is 6.08 Å². The lowest BCUT2D eigenvalue weighted by Crippen LogP contribution is -2.61. The van der Waals surface area contributed by atoms with Crippen LogP contribution in [0.4, 0.5) is 0 Å². The van der Waals surface area contributed by atoms with Crippen molar-refractivity contribution in [1.82, 2.24) is 5.32 Å². The summed E-state index contributed by atoms with van der Waals surface area (Å²) < 4.78 is 17.6. The van der Waals surface area contributed by atoms with Gasteiger partial charge >= 0.3 is 5.97 Å². The van der Waals surface area contributed by atoms with Gasteiger partial charge in [0.05, 0.1) is 25.4 Å². The molecule has 11 nitrogen and oxygen atoms in total. The average molecular weight is 1130 g/mol. The van der Waals surface area contributed by atoms with Crippen molar-refractivity contribution in [2.24, 2.45) is 0 Å². The van der Waals surface area contributed by atoms with Crippen molar-refractivity contribution in [2.75, 3.05) is 13.2 Å². The number of unbranched alkanes of at least 4 members (excludes halogenated alkanes) is 21. The van der Waals surface area contributed by atoms with Crippen LogP contribution in [0.1, 0.15) is 245 Å². The van der Waals surface area contributed by atoms with E-state index >= 15 is 0 Å². The summed E-state index contributed by atoms with van der Waals surface area (Å²) in [5, 5.41) is 57.0. The van der Waals surface area contributed by atoms with Gasteiger partial charge in [0.15, 0.2) is 12.4 Å². The van der Waals surface area contributed by atoms with Crippen molar-refractivity contribution in [3.05, 3.63) is 122 Å². The highest BCUT2D eigenvalue weighted by atomic mass is 16.7. The summed E-state index contributed by atoms with van der Waals surface area (Å²) in [6, 6.07) is -1.05. The van der Waals surface area contributed by atoms with Crippen molar-refractivity contribution in [3.63, 3.8) is 0 Å². The molecule has 1 saturated heterocycles. The van der Waals surface area contributed by atoms with Crippen molar-refractivity contribution < 1.29 is 49.3 Å². The Bertz CT molecular complexity index is 1780. The Kier molecular flexibility index (Phi) is 52.4. The number of hydrogen-bond donors (Lipinski definition) is 6. The summed E-state index contributed by atoms with van der Waals surface area (Å²) in [4.78, 5) is 26.6. The number of carbonyl (C=O) groups excluding carboxylic acids is 2. The zero-order chi connectivity index (χ0) is 58.9. The van der Waals surface area contributed by atoms with Gasteiger partial charge in [-0.05, 0) is 109 Å². The Morgan fingerprint density at radius 1 is 0.494 bits per heavy atom. The molecule has 0 aromatic rings. The molecular formula is C70H117NO10. The number of hydrogen-bond acceptors (Lipinski definition) is 10. The summed E-state index contributed by atoms with van der Waals surface area (Å²) in [7, 11) is 0. The van der Waals surface area contributed by atoms with Crippen LogP contribution in [0.25, 0.3) is 0 Å². The maximum absolute atomic E-state index is 13.5. The molecule has 0 bridgehead atoms. The van der Waals surface area contributed by atoms with Crippen LogP contribution in [0.15, 0.2) is 122 Å². The monoisotopic (exact) mass is 1130 g/mol. The molecule has 0 aliphatic carbocycles. The van der Waals surface area contributed by atoms with Gasteiger partial charge in [0.1, 0.15) is 24.4 Å². The summed E-state index contributed by atoms with van der Waals surface area (Å²) in [6.45, 7) is 5.61. The van der Waals surface area contributed by atoms with E-state index in [1.807, 2.05) is 18.2 Å². The van der Waals surface area contributed by atoms with Crippen molar-refractivity contribution in [3.8, 4) is 0 Å². The first-order valence-electron chi connectivity index (χ1n) is 32.3. The van der Waals surface area contributed by atoms with Crippen molar-refractivity contribution >= 4 is 11.9 Å². The predicted molar refractivity (Wildman–Crippen MR) is 338 cm³/mol. The molecule has 8 atom stereocenters. The molecule has 6 N–H and O–H groups in total. The molecule has 1 rings (SSSR count). The van der Waals surface area contributed by atoms with Crippen LogP contribution in [0.2, 0.25) is 0 Å². The van der Waals surface area contributed by atoms with E-state index in [4.69, 9.17) is 14.2 Å². The van der Waals surface area contributed by atoms with Crippen LogP contribution < -0.4 is 5.32 Å². The largest absolute Gasteiger partial charge is 0.454 e. The summed E-state index contributed by atoms with van der Waals surface area (Å²) in [5.74, 6) is -1.27. The Morgan fingerprint density at radius 2 is 0.889 bits per heavy atom. The lowest BCUT2D eigenvalue weighted by molar-refractivity contribution is -0.305. The lowest BCUT2D eigenvalue weighted by Gasteiger charge is -2.41. The number of aliphatic hydroxyl groups is 5. The Hall–Kier alpha value is -3.94. The maximum atomic E-state index is 13.5. The van der Waals surface area contributed by atoms with Gasteiger partial charge in [-0.15, -0.1) is 0 Å². The molecule has 1 fully saturated rings. The minimum atomic E-state index is -1.65. The molecular weight excluding hydrogens is 1010 g/mol. The predicted octanol–water partition coefficient (Wildman–Crippen LogP) is 15.8. The zero-order valence-electron chi connectivity index (χ0n) is 51.1. The molecule has 8 unspecified atom stereocenters. The van der Waals surface area contributed by atoms with E-state index < -0.39 is 67.4 Å². The average Bonchev–Trinajstić information content (AvgIpc) is 3.46. The molecule has 1 amide bonds. The second kappa shape index (κ2) is 56.5. The molecule has 0 spiro atoms. The third kappa shape index (κ3) is 44.3. The van der Waals surface area contributed by atoms with Gasteiger partial charge in [0.25, 0.3) is 0 Å². The first-order valence-corrected chi connectivity index (χ1v) is 32.3. The number of amides is 1. The third-order valence-electron chi connectivity index (χ3n) is 14.3. The number of nitrogens with one attached hydrogen (secondary N) is 1. The van der Waals surface area contributed by atoms with E-state index in [0.717, 1.165) is 116 Å². The minimum Gasteiger partial charge on any atom is -0.454 e. The molecule has 0 radical (unpaired) electrons. The second-order valence-corrected chi connectivity index (χ2v) is 21.8. The van der Waals surface area contributed by atoms with Crippen molar-refractivity contribution in [1.29, 1.82) is 0 Å². The third-order valence-corrected chi connectivity index (χ3v) is 14.3. The highest BCUT2D eigenvalue weighted by molar-refractivity contribution is 5.80. The quantitative estimate of drug-likeness (QED) is 0.0195. The fourth-order valence-electron chi connectivity index (χ4n) is 9.26. The fourth-order valence-corrected chi connectivity index (χ4v) is 9.26. The van der Waals surface area contributed by atoms with E-state index in [2.05, 4.69) is 123 Å². The minimum absolute atomic E-state index is 0.0374. The van der Waals surface area contributed by atoms with Crippen LogP contribution in [0.3, 0.4) is 0 Å². The molecule has 462 valence electrons. The molecule has 1 aliphatic heterocycles. The van der Waals surface area contributed by atoms with Gasteiger partial charge in [0.2, 0.25) is 5.91 Å². The molecule has 1 heterocycles. The maximum Gasteiger partial charge on any atom is 0.306 e. The molecule has 0 aromatic carbocycles. The Labute approximate surface area is 493 Å². The SMILES string of the molecule is CC/C=C\C/C=C\C/C=C\C/C=C\C/C=C\CCCC(=O)OC1C(OCC(NC(=O)C(O)CCCCCCCC/C=C\C/C=C\C/C=C\C/C=C\CCCCC)C(O)/C=C/CCCCCCCCCCCCC)OC(CO)C(O)C1O. The van der Waals surface area contributed by atoms with E-state index in [9.17, 15) is 35.1 Å². The first-order chi connectivity index (χ1) is 39.7. The van der Waals surface area contributed by atoms with Crippen LogP contribution in [-0.4, -0.2) is 99.6 Å². The molecule has 1 aliphatic rings. The van der Waals surface area contributed by atoms with Crippen LogP contribution in [-0.2, 0) is 23.8 Å². The number of carbonyl (C=O) groups is 2. The van der Waals surface area contributed by atoms with Crippen LogP contribution in [0, 0.1) is 0 Å². The van der Waals surface area contributed by atoms with E-state index in [1.165, 1.54) is 77.0 Å². The topological polar surface area (TPSA) is 175 Å². The smallest absolute Gasteiger partial charge is 0.306 e. The number of rotatable bonds is 53. The number of esters is 1. The van der Waals surface area contributed by atoms with Gasteiger partial charge in [-0.25, -0.2) is 0 Å². The molecule has 0 aromatic heterocycles. The fraction of sp³-hybridized carbons (Fsp3) is 0.686.